The minimum atomic E-state index is 0. The van der Waals surface area contributed by atoms with Crippen LogP contribution in [-0.4, -0.2) is 63.0 Å². The van der Waals surface area contributed by atoms with Crippen molar-refractivity contribution in [3.63, 3.8) is 0 Å². The van der Waals surface area contributed by atoms with E-state index in [1.165, 1.54) is 37.2 Å². The molecule has 2 aliphatic rings. The second kappa shape index (κ2) is 10.8. The molecule has 4 rings (SSSR count). The van der Waals surface area contributed by atoms with Crippen molar-refractivity contribution >= 4 is 29.6 Å². The summed E-state index contributed by atoms with van der Waals surface area (Å²) >= 11 is 0. The first kappa shape index (κ1) is 22.6. The highest BCUT2D eigenvalue weighted by molar-refractivity contribution is 6.10. The molecule has 0 saturated carbocycles. The van der Waals surface area contributed by atoms with E-state index in [4.69, 9.17) is 0 Å². The molecule has 0 amide bonds. The van der Waals surface area contributed by atoms with Gasteiger partial charge in [-0.15, -0.1) is 12.4 Å². The van der Waals surface area contributed by atoms with Crippen molar-refractivity contribution in [2.24, 2.45) is 0 Å². The number of ketones is 1. The Labute approximate surface area is 186 Å². The van der Waals surface area contributed by atoms with Crippen LogP contribution in [0, 0.1) is 6.92 Å². The average Bonchev–Trinajstić information content (AvgIpc) is 3.29. The molecule has 2 aliphatic heterocycles. The predicted molar refractivity (Wildman–Crippen MR) is 128 cm³/mol. The van der Waals surface area contributed by atoms with Crippen molar-refractivity contribution < 1.29 is 4.79 Å². The maximum Gasteiger partial charge on any atom is 0.193 e. The molecule has 0 spiro atoms. The van der Waals surface area contributed by atoms with E-state index in [1.54, 1.807) is 0 Å². The highest BCUT2D eigenvalue weighted by Gasteiger charge is 2.19. The number of likely N-dealkylation sites (tertiary alicyclic amines) is 1. The number of hydrogen-bond donors (Lipinski definition) is 2. The van der Waals surface area contributed by atoms with Crippen LogP contribution in [0.4, 0.5) is 11.4 Å². The lowest BCUT2D eigenvalue weighted by atomic mass is 9.98. The molecule has 2 heterocycles. The van der Waals surface area contributed by atoms with Crippen molar-refractivity contribution in [2.45, 2.75) is 19.8 Å². The van der Waals surface area contributed by atoms with Crippen LogP contribution in [0.25, 0.3) is 0 Å². The Kier molecular flexibility index (Phi) is 8.14. The van der Waals surface area contributed by atoms with Crippen LogP contribution in [0.3, 0.4) is 0 Å². The van der Waals surface area contributed by atoms with E-state index in [0.29, 0.717) is 0 Å². The molecule has 0 bridgehead atoms. The fraction of sp³-hybridized carbons (Fsp3) is 0.458. The normalized spacial score (nSPS) is 16.9. The van der Waals surface area contributed by atoms with Gasteiger partial charge in [0.2, 0.25) is 0 Å². The molecule has 2 aromatic rings. The summed E-state index contributed by atoms with van der Waals surface area (Å²) in [5.74, 6) is 0.0876. The van der Waals surface area contributed by atoms with Gasteiger partial charge in [-0.1, -0.05) is 30.3 Å². The topological polar surface area (TPSA) is 47.6 Å². The van der Waals surface area contributed by atoms with E-state index in [-0.39, 0.29) is 18.2 Å². The molecule has 6 heteroatoms. The van der Waals surface area contributed by atoms with Crippen LogP contribution in [0.2, 0.25) is 0 Å². The Morgan fingerprint density at radius 3 is 2.40 bits per heavy atom. The van der Waals surface area contributed by atoms with Crippen molar-refractivity contribution in [3.05, 3.63) is 59.2 Å². The molecule has 0 atom stereocenters. The van der Waals surface area contributed by atoms with E-state index < -0.39 is 0 Å². The number of hydrogen-bond acceptors (Lipinski definition) is 5. The van der Waals surface area contributed by atoms with Gasteiger partial charge in [-0.25, -0.2) is 0 Å². The third-order valence-electron chi connectivity index (χ3n) is 6.08. The Bertz CT molecular complexity index is 831. The van der Waals surface area contributed by atoms with Gasteiger partial charge in [0.15, 0.2) is 5.78 Å². The number of carbonyl (C=O) groups excluding carboxylic acids is 1. The third-order valence-corrected chi connectivity index (χ3v) is 6.08. The number of carbonyl (C=O) groups is 1. The van der Waals surface area contributed by atoms with Gasteiger partial charge in [0.1, 0.15) is 0 Å². The second-order valence-corrected chi connectivity index (χ2v) is 8.08. The van der Waals surface area contributed by atoms with E-state index in [1.807, 2.05) is 36.4 Å². The molecule has 2 N–H and O–H groups in total. The van der Waals surface area contributed by atoms with Crippen LogP contribution in [0.5, 0.6) is 0 Å². The molecule has 0 aliphatic carbocycles. The Morgan fingerprint density at radius 2 is 1.70 bits per heavy atom. The minimum absolute atomic E-state index is 0. The first-order valence-corrected chi connectivity index (χ1v) is 10.9. The highest BCUT2D eigenvalue weighted by Crippen LogP contribution is 2.30. The van der Waals surface area contributed by atoms with Crippen LogP contribution >= 0.6 is 12.4 Å². The predicted octanol–water partition coefficient (Wildman–Crippen LogP) is 3.57. The van der Waals surface area contributed by atoms with Gasteiger partial charge in [0, 0.05) is 61.8 Å². The number of anilines is 2. The molecule has 30 heavy (non-hydrogen) atoms. The lowest BCUT2D eigenvalue weighted by molar-refractivity contribution is 0.103. The van der Waals surface area contributed by atoms with Crippen molar-refractivity contribution in [1.82, 2.24) is 10.2 Å². The third kappa shape index (κ3) is 5.34. The standard InChI is InChI=1S/C24H32N4O.ClH/c1-19-22(26-11-14-27-12-5-6-13-27)17-21(24(29)20-7-3-2-4-8-20)18-23(19)28-15-9-25-10-16-28;/h2-4,7-8,17-18,25-26H,5-6,9-16H2,1H3;1H. The maximum absolute atomic E-state index is 13.2. The fourth-order valence-corrected chi connectivity index (χ4v) is 4.36. The summed E-state index contributed by atoms with van der Waals surface area (Å²) in [6.45, 7) is 10.4. The van der Waals surface area contributed by atoms with E-state index in [9.17, 15) is 4.79 Å². The minimum Gasteiger partial charge on any atom is -0.383 e. The van der Waals surface area contributed by atoms with Crippen molar-refractivity contribution in [1.29, 1.82) is 0 Å². The lowest BCUT2D eigenvalue weighted by Crippen LogP contribution is -2.44. The second-order valence-electron chi connectivity index (χ2n) is 8.08. The maximum atomic E-state index is 13.2. The summed E-state index contributed by atoms with van der Waals surface area (Å²) in [4.78, 5) is 18.1. The summed E-state index contributed by atoms with van der Waals surface area (Å²) in [6.07, 6.45) is 2.63. The molecular formula is C24H33ClN4O. The molecule has 0 radical (unpaired) electrons. The first-order valence-electron chi connectivity index (χ1n) is 10.9. The van der Waals surface area contributed by atoms with Gasteiger partial charge in [-0.05, 0) is 50.6 Å². The van der Waals surface area contributed by atoms with Gasteiger partial charge in [-0.3, -0.25) is 4.79 Å². The number of piperazine rings is 1. The Balaban J connectivity index is 0.00000256. The number of nitrogens with one attached hydrogen (secondary N) is 2. The van der Waals surface area contributed by atoms with E-state index >= 15 is 0 Å². The molecule has 2 saturated heterocycles. The molecule has 0 aromatic heterocycles. The number of rotatable bonds is 7. The molecule has 0 unspecified atom stereocenters. The summed E-state index contributed by atoms with van der Waals surface area (Å²) < 4.78 is 0. The summed E-state index contributed by atoms with van der Waals surface area (Å²) in [5, 5.41) is 7.05. The Morgan fingerprint density at radius 1 is 1.00 bits per heavy atom. The smallest absolute Gasteiger partial charge is 0.193 e. The van der Waals surface area contributed by atoms with Crippen LogP contribution < -0.4 is 15.5 Å². The molecule has 2 aromatic carbocycles. The van der Waals surface area contributed by atoms with Crippen LogP contribution in [-0.2, 0) is 0 Å². The van der Waals surface area contributed by atoms with E-state index in [0.717, 1.165) is 56.1 Å². The number of nitrogens with zero attached hydrogens (tertiary/aromatic N) is 2. The zero-order valence-corrected chi connectivity index (χ0v) is 18.6. The molecule has 2 fully saturated rings. The molecule has 162 valence electrons. The lowest BCUT2D eigenvalue weighted by Gasteiger charge is -2.32. The highest BCUT2D eigenvalue weighted by atomic mass is 35.5. The van der Waals surface area contributed by atoms with Gasteiger partial charge in [-0.2, -0.15) is 0 Å². The van der Waals surface area contributed by atoms with Gasteiger partial charge in [0.05, 0.1) is 0 Å². The summed E-state index contributed by atoms with van der Waals surface area (Å²) in [5.41, 5.74) is 5.00. The molecular weight excluding hydrogens is 396 g/mol. The first-order chi connectivity index (χ1) is 14.2. The Hall–Kier alpha value is -2.08. The van der Waals surface area contributed by atoms with Crippen molar-refractivity contribution in [2.75, 3.05) is 62.6 Å². The largest absolute Gasteiger partial charge is 0.383 e. The number of benzene rings is 2. The molecule has 5 nitrogen and oxygen atoms in total. The monoisotopic (exact) mass is 428 g/mol. The van der Waals surface area contributed by atoms with Gasteiger partial charge >= 0.3 is 0 Å². The van der Waals surface area contributed by atoms with Gasteiger partial charge < -0.3 is 20.4 Å². The summed E-state index contributed by atoms with van der Waals surface area (Å²) in [6, 6.07) is 13.7. The van der Waals surface area contributed by atoms with Crippen LogP contribution in [0.1, 0.15) is 34.3 Å². The van der Waals surface area contributed by atoms with Crippen LogP contribution in [0.15, 0.2) is 42.5 Å². The summed E-state index contributed by atoms with van der Waals surface area (Å²) in [7, 11) is 0. The zero-order chi connectivity index (χ0) is 20.1. The van der Waals surface area contributed by atoms with Gasteiger partial charge in [0.25, 0.3) is 0 Å². The van der Waals surface area contributed by atoms with E-state index in [2.05, 4.69) is 33.4 Å². The fourth-order valence-electron chi connectivity index (χ4n) is 4.36. The quantitative estimate of drug-likeness (QED) is 0.660. The SMILES string of the molecule is Cc1c(NCCN2CCCC2)cc(C(=O)c2ccccc2)cc1N1CCNCC1.Cl. The number of halogens is 1. The van der Waals surface area contributed by atoms with Crippen molar-refractivity contribution in [3.8, 4) is 0 Å². The average molecular weight is 429 g/mol. The zero-order valence-electron chi connectivity index (χ0n) is 17.8.